The molecule has 8 heteroatoms. The smallest absolute Gasteiger partial charge is 0.276 e. The zero-order valence-corrected chi connectivity index (χ0v) is 13.1. The zero-order valence-electron chi connectivity index (χ0n) is 11.5. The van der Waals surface area contributed by atoms with Gasteiger partial charge in [-0.2, -0.15) is 0 Å². The van der Waals surface area contributed by atoms with Gasteiger partial charge in [0.25, 0.3) is 15.9 Å². The maximum atomic E-state index is 12.3. The van der Waals surface area contributed by atoms with E-state index in [-0.39, 0.29) is 21.2 Å². The zero-order chi connectivity index (χ0) is 16.3. The molecule has 0 unspecified atom stereocenters. The number of carbonyl (C=O) groups is 1. The number of aryl methyl sites for hydroxylation is 1. The monoisotopic (exact) mass is 340 g/mol. The number of nitrogens with one attached hydrogen (secondary N) is 2. The lowest BCUT2D eigenvalue weighted by Crippen LogP contribution is -2.22. The van der Waals surface area contributed by atoms with Gasteiger partial charge in [-0.1, -0.05) is 29.3 Å². The first kappa shape index (κ1) is 16.3. The van der Waals surface area contributed by atoms with E-state index in [1.807, 2.05) is 6.92 Å². The molecule has 2 aromatic carbocycles. The van der Waals surface area contributed by atoms with Gasteiger partial charge in [0, 0.05) is 5.02 Å². The van der Waals surface area contributed by atoms with Crippen molar-refractivity contribution in [3.05, 3.63) is 58.6 Å². The predicted octanol–water partition coefficient (Wildman–Crippen LogP) is 2.57. The molecule has 0 aliphatic rings. The molecule has 2 rings (SSSR count). The summed E-state index contributed by atoms with van der Waals surface area (Å²) in [6.45, 7) is 1.84. The molecule has 0 aliphatic carbocycles. The average molecular weight is 341 g/mol. The molecule has 0 aromatic heterocycles. The highest BCUT2D eigenvalue weighted by molar-refractivity contribution is 7.92. The van der Waals surface area contributed by atoms with Crippen LogP contribution in [0.15, 0.2) is 47.4 Å². The third-order valence-corrected chi connectivity index (χ3v) is 4.52. The molecule has 1 amide bonds. The number of hydrogen-bond donors (Lipinski definition) is 3. The highest BCUT2D eigenvalue weighted by atomic mass is 35.5. The Labute approximate surface area is 132 Å². The van der Waals surface area contributed by atoms with Gasteiger partial charge < -0.3 is 0 Å². The molecule has 0 aliphatic heterocycles. The fourth-order valence-corrected chi connectivity index (χ4v) is 3.03. The minimum absolute atomic E-state index is 0.0107. The third-order valence-electron chi connectivity index (χ3n) is 2.90. The first-order chi connectivity index (χ1) is 10.3. The van der Waals surface area contributed by atoms with Crippen molar-refractivity contribution in [2.24, 2.45) is 0 Å². The van der Waals surface area contributed by atoms with Crippen LogP contribution in [0.25, 0.3) is 0 Å². The number of hydroxylamine groups is 1. The first-order valence-electron chi connectivity index (χ1n) is 6.17. The molecule has 116 valence electrons. The van der Waals surface area contributed by atoms with Crippen molar-refractivity contribution in [1.82, 2.24) is 5.48 Å². The highest BCUT2D eigenvalue weighted by Crippen LogP contribution is 2.23. The molecule has 6 nitrogen and oxygen atoms in total. The number of anilines is 1. The van der Waals surface area contributed by atoms with E-state index in [1.54, 1.807) is 12.1 Å². The summed E-state index contributed by atoms with van der Waals surface area (Å²) < 4.78 is 27.0. The first-order valence-corrected chi connectivity index (χ1v) is 8.03. The van der Waals surface area contributed by atoms with E-state index >= 15 is 0 Å². The molecule has 0 bridgehead atoms. The van der Waals surface area contributed by atoms with Gasteiger partial charge in [0.15, 0.2) is 0 Å². The number of rotatable bonds is 4. The molecule has 0 radical (unpaired) electrons. The van der Waals surface area contributed by atoms with Crippen LogP contribution in [0.2, 0.25) is 5.02 Å². The Morgan fingerprint density at radius 2 is 1.77 bits per heavy atom. The second-order valence-corrected chi connectivity index (χ2v) is 6.67. The van der Waals surface area contributed by atoms with E-state index in [0.717, 1.165) is 5.56 Å². The van der Waals surface area contributed by atoms with Gasteiger partial charge in [0.05, 0.1) is 16.1 Å². The Balaban J connectivity index is 2.41. The topological polar surface area (TPSA) is 95.5 Å². The lowest BCUT2D eigenvalue weighted by atomic mass is 10.2. The number of hydrogen-bond acceptors (Lipinski definition) is 4. The Morgan fingerprint density at radius 3 is 2.36 bits per heavy atom. The van der Waals surface area contributed by atoms with Crippen molar-refractivity contribution in [3.8, 4) is 0 Å². The van der Waals surface area contributed by atoms with Crippen LogP contribution in [-0.2, 0) is 10.0 Å². The van der Waals surface area contributed by atoms with Crippen LogP contribution in [0.4, 0.5) is 5.69 Å². The summed E-state index contributed by atoms with van der Waals surface area (Å²) in [6, 6.07) is 10.3. The molecule has 22 heavy (non-hydrogen) atoms. The minimum Gasteiger partial charge on any atom is -0.288 e. The largest absolute Gasteiger partial charge is 0.288 e. The molecular formula is C14H13ClN2O4S. The molecule has 3 N–H and O–H groups in total. The predicted molar refractivity (Wildman–Crippen MR) is 82.7 cm³/mol. The van der Waals surface area contributed by atoms with E-state index < -0.39 is 15.9 Å². The number of sulfonamides is 1. The standard InChI is InChI=1S/C14H13ClN2O4S/c1-9-2-5-11(6-3-9)22(20,21)17-13-7-4-10(15)8-12(13)14(18)16-19/h2-8,17,19H,1H3,(H,16,18). The van der Waals surface area contributed by atoms with Gasteiger partial charge in [0.1, 0.15) is 0 Å². The van der Waals surface area contributed by atoms with Gasteiger partial charge in [-0.15, -0.1) is 0 Å². The molecule has 2 aromatic rings. The fraction of sp³-hybridized carbons (Fsp3) is 0.0714. The van der Waals surface area contributed by atoms with Crippen molar-refractivity contribution in [3.63, 3.8) is 0 Å². The average Bonchev–Trinajstić information content (AvgIpc) is 2.48. The Kier molecular flexibility index (Phi) is 4.70. The van der Waals surface area contributed by atoms with Gasteiger partial charge in [-0.3, -0.25) is 14.7 Å². The Hall–Kier alpha value is -2.09. The summed E-state index contributed by atoms with van der Waals surface area (Å²) in [5, 5.41) is 8.96. The number of carbonyl (C=O) groups excluding carboxylic acids is 1. The van der Waals surface area contributed by atoms with E-state index in [9.17, 15) is 13.2 Å². The van der Waals surface area contributed by atoms with Crippen LogP contribution in [0, 0.1) is 6.92 Å². The van der Waals surface area contributed by atoms with Crippen molar-refractivity contribution in [2.45, 2.75) is 11.8 Å². The summed E-state index contributed by atoms with van der Waals surface area (Å²) in [6.07, 6.45) is 0. The summed E-state index contributed by atoms with van der Waals surface area (Å²) in [5.41, 5.74) is 2.29. The van der Waals surface area contributed by atoms with Crippen LogP contribution < -0.4 is 10.2 Å². The van der Waals surface area contributed by atoms with E-state index in [4.69, 9.17) is 16.8 Å². The molecule has 0 fully saturated rings. The number of benzene rings is 2. The number of halogens is 1. The highest BCUT2D eigenvalue weighted by Gasteiger charge is 2.19. The maximum Gasteiger partial charge on any atom is 0.276 e. The van der Waals surface area contributed by atoms with Gasteiger partial charge in [0.2, 0.25) is 0 Å². The van der Waals surface area contributed by atoms with E-state index in [0.29, 0.717) is 0 Å². The van der Waals surface area contributed by atoms with Crippen LogP contribution >= 0.6 is 11.6 Å². The molecule has 0 spiro atoms. The minimum atomic E-state index is -3.86. The van der Waals surface area contributed by atoms with Crippen molar-refractivity contribution in [1.29, 1.82) is 0 Å². The normalized spacial score (nSPS) is 11.0. The van der Waals surface area contributed by atoms with Gasteiger partial charge >= 0.3 is 0 Å². The van der Waals surface area contributed by atoms with Crippen molar-refractivity contribution < 1.29 is 18.4 Å². The summed E-state index contributed by atoms with van der Waals surface area (Å²) in [5.74, 6) is -0.871. The Morgan fingerprint density at radius 1 is 1.14 bits per heavy atom. The second kappa shape index (κ2) is 6.35. The Bertz CT molecular complexity index is 804. The SMILES string of the molecule is Cc1ccc(S(=O)(=O)Nc2ccc(Cl)cc2C(=O)NO)cc1. The van der Waals surface area contributed by atoms with Crippen LogP contribution in [-0.4, -0.2) is 19.5 Å². The quantitative estimate of drug-likeness (QED) is 0.588. The lowest BCUT2D eigenvalue weighted by Gasteiger charge is -2.12. The van der Waals surface area contributed by atoms with Gasteiger partial charge in [-0.25, -0.2) is 13.9 Å². The van der Waals surface area contributed by atoms with Gasteiger partial charge in [-0.05, 0) is 37.3 Å². The van der Waals surface area contributed by atoms with Crippen molar-refractivity contribution in [2.75, 3.05) is 4.72 Å². The third kappa shape index (κ3) is 3.56. The number of amides is 1. The maximum absolute atomic E-state index is 12.3. The summed E-state index contributed by atoms with van der Waals surface area (Å²) in [4.78, 5) is 11.7. The van der Waals surface area contributed by atoms with Crippen LogP contribution in [0.5, 0.6) is 0 Å². The fourth-order valence-electron chi connectivity index (χ4n) is 1.77. The lowest BCUT2D eigenvalue weighted by molar-refractivity contribution is 0.0707. The van der Waals surface area contributed by atoms with Crippen LogP contribution in [0.3, 0.4) is 0 Å². The molecule has 0 saturated carbocycles. The van der Waals surface area contributed by atoms with E-state index in [2.05, 4.69) is 4.72 Å². The summed E-state index contributed by atoms with van der Waals surface area (Å²) in [7, 11) is -3.86. The van der Waals surface area contributed by atoms with E-state index in [1.165, 1.54) is 35.8 Å². The van der Waals surface area contributed by atoms with Crippen molar-refractivity contribution >= 4 is 33.2 Å². The molecule has 0 saturated heterocycles. The van der Waals surface area contributed by atoms with Crippen LogP contribution in [0.1, 0.15) is 15.9 Å². The second-order valence-electron chi connectivity index (χ2n) is 4.55. The molecule has 0 heterocycles. The summed E-state index contributed by atoms with van der Waals surface area (Å²) >= 11 is 5.78. The molecule has 0 atom stereocenters. The molecular weight excluding hydrogens is 328 g/mol.